The topological polar surface area (TPSA) is 73.6 Å². The lowest BCUT2D eigenvalue weighted by atomic mass is 10.1. The van der Waals surface area contributed by atoms with E-state index in [9.17, 15) is 0 Å². The zero-order valence-electron chi connectivity index (χ0n) is 15.1. The highest BCUT2D eigenvalue weighted by molar-refractivity contribution is 9.10. The van der Waals surface area contributed by atoms with Gasteiger partial charge in [0.05, 0.1) is 16.1 Å². The number of nitrogens with one attached hydrogen (secondary N) is 2. The van der Waals surface area contributed by atoms with Gasteiger partial charge in [-0.05, 0) is 72.1 Å². The maximum absolute atomic E-state index is 8.90. The van der Waals surface area contributed by atoms with Crippen LogP contribution in [0.2, 0.25) is 5.15 Å². The third-order valence-corrected chi connectivity index (χ3v) is 5.25. The minimum absolute atomic E-state index is 0.297. The number of benzene rings is 2. The van der Waals surface area contributed by atoms with Gasteiger partial charge in [0.2, 0.25) is 5.95 Å². The van der Waals surface area contributed by atoms with Crippen LogP contribution in [-0.2, 0) is 0 Å². The number of hydrogen-bond donors (Lipinski definition) is 2. The Bertz CT molecular complexity index is 1020. The standard InChI is InChI=1S/C20H17BrClN5/c1-11-8-12(2)17(13(3)9-11)25-19-16(21)18(22)26-20(27-19)24-15-6-4-14(10-23)5-7-15/h4-9H,1-3H3,(H2,24,25,26,27). The molecule has 1 aromatic heterocycles. The van der Waals surface area contributed by atoms with Crippen LogP contribution in [0.15, 0.2) is 40.9 Å². The van der Waals surface area contributed by atoms with Crippen molar-refractivity contribution in [2.75, 3.05) is 10.6 Å². The summed E-state index contributed by atoms with van der Waals surface area (Å²) in [6.07, 6.45) is 0. The van der Waals surface area contributed by atoms with E-state index in [0.717, 1.165) is 22.5 Å². The summed E-state index contributed by atoms with van der Waals surface area (Å²) in [5.41, 5.74) is 5.79. The molecule has 0 amide bonds. The van der Waals surface area contributed by atoms with Crippen LogP contribution in [-0.4, -0.2) is 9.97 Å². The molecule has 7 heteroatoms. The first kappa shape index (κ1) is 19.2. The minimum atomic E-state index is 0.297. The van der Waals surface area contributed by atoms with Gasteiger partial charge in [-0.3, -0.25) is 0 Å². The number of rotatable bonds is 4. The van der Waals surface area contributed by atoms with E-state index in [-0.39, 0.29) is 0 Å². The highest BCUT2D eigenvalue weighted by atomic mass is 79.9. The molecule has 0 saturated heterocycles. The zero-order valence-corrected chi connectivity index (χ0v) is 17.4. The van der Waals surface area contributed by atoms with Crippen LogP contribution in [0.3, 0.4) is 0 Å². The summed E-state index contributed by atoms with van der Waals surface area (Å²) in [6.45, 7) is 6.17. The summed E-state index contributed by atoms with van der Waals surface area (Å²) in [4.78, 5) is 8.80. The van der Waals surface area contributed by atoms with Crippen LogP contribution >= 0.6 is 27.5 Å². The second-order valence-electron chi connectivity index (χ2n) is 6.21. The van der Waals surface area contributed by atoms with Gasteiger partial charge in [-0.1, -0.05) is 29.3 Å². The Labute approximate surface area is 171 Å². The van der Waals surface area contributed by atoms with Crippen molar-refractivity contribution in [1.82, 2.24) is 9.97 Å². The lowest BCUT2D eigenvalue weighted by Crippen LogP contribution is -2.04. The Morgan fingerprint density at radius 3 is 2.22 bits per heavy atom. The molecule has 0 saturated carbocycles. The second-order valence-corrected chi connectivity index (χ2v) is 7.36. The first-order valence-electron chi connectivity index (χ1n) is 8.22. The van der Waals surface area contributed by atoms with Crippen molar-refractivity contribution in [3.8, 4) is 6.07 Å². The molecule has 0 unspecified atom stereocenters. The van der Waals surface area contributed by atoms with E-state index in [1.165, 1.54) is 5.56 Å². The largest absolute Gasteiger partial charge is 0.339 e. The Morgan fingerprint density at radius 2 is 1.63 bits per heavy atom. The third-order valence-electron chi connectivity index (χ3n) is 4.00. The maximum Gasteiger partial charge on any atom is 0.230 e. The first-order chi connectivity index (χ1) is 12.9. The number of nitriles is 1. The fourth-order valence-corrected chi connectivity index (χ4v) is 3.26. The summed E-state index contributed by atoms with van der Waals surface area (Å²) in [6, 6.07) is 13.3. The Morgan fingerprint density at radius 1 is 1.00 bits per heavy atom. The summed E-state index contributed by atoms with van der Waals surface area (Å²) < 4.78 is 0.592. The Hall–Kier alpha value is -2.62. The predicted molar refractivity (Wildman–Crippen MR) is 113 cm³/mol. The molecule has 0 atom stereocenters. The van der Waals surface area contributed by atoms with E-state index in [1.54, 1.807) is 24.3 Å². The normalized spacial score (nSPS) is 10.4. The van der Waals surface area contributed by atoms with Crippen LogP contribution in [0.5, 0.6) is 0 Å². The van der Waals surface area contributed by atoms with Gasteiger partial charge in [0.15, 0.2) is 11.0 Å². The van der Waals surface area contributed by atoms with Crippen LogP contribution in [0.1, 0.15) is 22.3 Å². The summed E-state index contributed by atoms with van der Waals surface area (Å²) in [5.74, 6) is 0.930. The van der Waals surface area contributed by atoms with Gasteiger partial charge >= 0.3 is 0 Å². The molecule has 3 rings (SSSR count). The molecule has 3 aromatic rings. The van der Waals surface area contributed by atoms with Crippen molar-refractivity contribution in [3.05, 3.63) is 68.3 Å². The molecule has 27 heavy (non-hydrogen) atoms. The van der Waals surface area contributed by atoms with Crippen molar-refractivity contribution < 1.29 is 0 Å². The number of aromatic nitrogens is 2. The molecule has 5 nitrogen and oxygen atoms in total. The molecule has 0 fully saturated rings. The molecular weight excluding hydrogens is 426 g/mol. The van der Waals surface area contributed by atoms with Crippen LogP contribution < -0.4 is 10.6 Å². The zero-order chi connectivity index (χ0) is 19.6. The van der Waals surface area contributed by atoms with Crippen molar-refractivity contribution >= 4 is 50.7 Å². The molecular formula is C20H17BrClN5. The van der Waals surface area contributed by atoms with E-state index >= 15 is 0 Å². The van der Waals surface area contributed by atoms with Crippen LogP contribution in [0, 0.1) is 32.1 Å². The average Bonchev–Trinajstić information content (AvgIpc) is 2.62. The van der Waals surface area contributed by atoms with E-state index in [2.05, 4.69) is 75.5 Å². The predicted octanol–water partition coefficient (Wildman–Crippen LogP) is 6.18. The van der Waals surface area contributed by atoms with E-state index in [1.807, 2.05) is 0 Å². The van der Waals surface area contributed by atoms with E-state index in [0.29, 0.717) is 27.0 Å². The smallest absolute Gasteiger partial charge is 0.230 e. The number of halogens is 2. The third kappa shape index (κ3) is 4.38. The molecule has 1 heterocycles. The van der Waals surface area contributed by atoms with E-state index in [4.69, 9.17) is 16.9 Å². The van der Waals surface area contributed by atoms with Crippen molar-refractivity contribution in [3.63, 3.8) is 0 Å². The number of nitrogens with zero attached hydrogens (tertiary/aromatic N) is 3. The molecule has 2 N–H and O–H groups in total. The fraction of sp³-hybridized carbons (Fsp3) is 0.150. The summed E-state index contributed by atoms with van der Waals surface area (Å²) in [7, 11) is 0. The number of aryl methyl sites for hydroxylation is 3. The van der Waals surface area contributed by atoms with Gasteiger partial charge in [-0.2, -0.15) is 15.2 Å². The van der Waals surface area contributed by atoms with Crippen molar-refractivity contribution in [2.45, 2.75) is 20.8 Å². The van der Waals surface area contributed by atoms with Crippen LogP contribution in [0.4, 0.5) is 23.1 Å². The van der Waals surface area contributed by atoms with Gasteiger partial charge in [0.25, 0.3) is 0 Å². The molecule has 0 aliphatic carbocycles. The molecule has 0 aliphatic heterocycles. The minimum Gasteiger partial charge on any atom is -0.339 e. The van der Waals surface area contributed by atoms with Gasteiger partial charge in [-0.15, -0.1) is 0 Å². The van der Waals surface area contributed by atoms with Crippen molar-refractivity contribution in [1.29, 1.82) is 5.26 Å². The highest BCUT2D eigenvalue weighted by Gasteiger charge is 2.14. The Kier molecular flexibility index (Phi) is 5.64. The number of hydrogen-bond acceptors (Lipinski definition) is 5. The molecule has 0 aliphatic rings. The van der Waals surface area contributed by atoms with Gasteiger partial charge < -0.3 is 10.6 Å². The van der Waals surface area contributed by atoms with Gasteiger partial charge in [0.1, 0.15) is 0 Å². The van der Waals surface area contributed by atoms with E-state index < -0.39 is 0 Å². The Balaban J connectivity index is 1.93. The average molecular weight is 443 g/mol. The lowest BCUT2D eigenvalue weighted by Gasteiger charge is -2.16. The van der Waals surface area contributed by atoms with Gasteiger partial charge in [-0.25, -0.2) is 0 Å². The molecule has 2 aromatic carbocycles. The summed E-state index contributed by atoms with van der Waals surface area (Å²) in [5, 5.41) is 15.7. The number of anilines is 4. The quantitative estimate of drug-likeness (QED) is 0.472. The second kappa shape index (κ2) is 7.95. The SMILES string of the molecule is Cc1cc(C)c(Nc2nc(Nc3ccc(C#N)cc3)nc(Cl)c2Br)c(C)c1. The fourth-order valence-electron chi connectivity index (χ4n) is 2.81. The monoisotopic (exact) mass is 441 g/mol. The molecule has 136 valence electrons. The molecule has 0 radical (unpaired) electrons. The highest BCUT2D eigenvalue weighted by Crippen LogP contribution is 2.33. The molecule has 0 spiro atoms. The van der Waals surface area contributed by atoms with Crippen molar-refractivity contribution in [2.24, 2.45) is 0 Å². The molecule has 0 bridgehead atoms. The lowest BCUT2D eigenvalue weighted by molar-refractivity contribution is 1.15. The summed E-state index contributed by atoms with van der Waals surface area (Å²) >= 11 is 9.74. The maximum atomic E-state index is 8.90. The van der Waals surface area contributed by atoms with Crippen LogP contribution in [0.25, 0.3) is 0 Å². The first-order valence-corrected chi connectivity index (χ1v) is 9.39. The van der Waals surface area contributed by atoms with Gasteiger partial charge in [0, 0.05) is 11.4 Å².